The zero-order chi connectivity index (χ0) is 16.9. The number of hydrogen-bond donors (Lipinski definition) is 0. The molecule has 1 aliphatic carbocycles. The number of carbonyl (C=O) groups is 1. The van der Waals surface area contributed by atoms with Gasteiger partial charge in [0.2, 0.25) is 11.1 Å². The SMILES string of the molecule is CN(Cc1cccc(F)c1)C(=O)CSc1nnnn1C1CCCC1. The number of rotatable bonds is 6. The van der Waals surface area contributed by atoms with E-state index in [2.05, 4.69) is 15.5 Å². The van der Waals surface area contributed by atoms with Crippen molar-refractivity contribution in [1.82, 2.24) is 25.1 Å². The third kappa shape index (κ3) is 4.11. The molecule has 0 saturated heterocycles. The fraction of sp³-hybridized carbons (Fsp3) is 0.500. The summed E-state index contributed by atoms with van der Waals surface area (Å²) >= 11 is 1.35. The van der Waals surface area contributed by atoms with Crippen LogP contribution in [-0.4, -0.2) is 43.8 Å². The highest BCUT2D eigenvalue weighted by atomic mass is 32.2. The lowest BCUT2D eigenvalue weighted by atomic mass is 10.2. The molecule has 1 saturated carbocycles. The molecule has 0 aliphatic heterocycles. The van der Waals surface area contributed by atoms with E-state index in [9.17, 15) is 9.18 Å². The van der Waals surface area contributed by atoms with E-state index in [0.717, 1.165) is 18.4 Å². The van der Waals surface area contributed by atoms with Crippen LogP contribution in [0.15, 0.2) is 29.4 Å². The van der Waals surface area contributed by atoms with Crippen LogP contribution in [0.25, 0.3) is 0 Å². The first-order chi connectivity index (χ1) is 11.6. The largest absolute Gasteiger partial charge is 0.341 e. The second-order valence-electron chi connectivity index (χ2n) is 6.01. The lowest BCUT2D eigenvalue weighted by molar-refractivity contribution is -0.127. The monoisotopic (exact) mass is 349 g/mol. The third-order valence-corrected chi connectivity index (χ3v) is 5.11. The molecule has 1 heterocycles. The molecule has 0 unspecified atom stereocenters. The number of nitrogens with zero attached hydrogens (tertiary/aromatic N) is 5. The summed E-state index contributed by atoms with van der Waals surface area (Å²) in [5, 5.41) is 12.5. The molecule has 0 radical (unpaired) electrons. The fourth-order valence-electron chi connectivity index (χ4n) is 2.89. The van der Waals surface area contributed by atoms with Crippen molar-refractivity contribution in [2.45, 2.75) is 43.4 Å². The Morgan fingerprint density at radius 1 is 1.42 bits per heavy atom. The predicted octanol–water partition coefficient (Wildman–Crippen LogP) is 2.68. The van der Waals surface area contributed by atoms with Crippen molar-refractivity contribution >= 4 is 17.7 Å². The predicted molar refractivity (Wildman–Crippen MR) is 88.9 cm³/mol. The Morgan fingerprint density at radius 3 is 2.96 bits per heavy atom. The number of thioether (sulfide) groups is 1. The van der Waals surface area contributed by atoms with Crippen molar-refractivity contribution in [2.24, 2.45) is 0 Å². The number of benzene rings is 1. The highest BCUT2D eigenvalue weighted by molar-refractivity contribution is 7.99. The topological polar surface area (TPSA) is 63.9 Å². The van der Waals surface area contributed by atoms with Gasteiger partial charge < -0.3 is 4.90 Å². The van der Waals surface area contributed by atoms with E-state index in [1.54, 1.807) is 24.1 Å². The molecule has 1 amide bonds. The maximum absolute atomic E-state index is 13.2. The minimum Gasteiger partial charge on any atom is -0.341 e. The number of aromatic nitrogens is 4. The van der Waals surface area contributed by atoms with E-state index in [-0.39, 0.29) is 17.5 Å². The summed E-state index contributed by atoms with van der Waals surface area (Å²) < 4.78 is 15.1. The van der Waals surface area contributed by atoms with Crippen LogP contribution < -0.4 is 0 Å². The van der Waals surface area contributed by atoms with Crippen LogP contribution >= 0.6 is 11.8 Å². The van der Waals surface area contributed by atoms with Gasteiger partial charge in [0.1, 0.15) is 5.82 Å². The molecule has 0 bridgehead atoms. The van der Waals surface area contributed by atoms with Crippen LogP contribution in [0.1, 0.15) is 37.3 Å². The normalized spacial score (nSPS) is 14.9. The van der Waals surface area contributed by atoms with E-state index in [1.165, 1.54) is 36.7 Å². The summed E-state index contributed by atoms with van der Waals surface area (Å²) in [4.78, 5) is 13.9. The molecule has 1 aliphatic rings. The van der Waals surface area contributed by atoms with Crippen LogP contribution in [0, 0.1) is 5.82 Å². The number of hydrogen-bond acceptors (Lipinski definition) is 5. The zero-order valence-corrected chi connectivity index (χ0v) is 14.4. The zero-order valence-electron chi connectivity index (χ0n) is 13.6. The molecule has 0 spiro atoms. The second kappa shape index (κ2) is 7.74. The fourth-order valence-corrected chi connectivity index (χ4v) is 3.78. The molecule has 1 aromatic carbocycles. The molecule has 0 N–H and O–H groups in total. The molecule has 2 aromatic rings. The molecular weight excluding hydrogens is 329 g/mol. The Labute approximate surface area is 144 Å². The molecular formula is C16H20FN5OS. The summed E-state index contributed by atoms with van der Waals surface area (Å²) in [6.45, 7) is 0.380. The average Bonchev–Trinajstić information content (AvgIpc) is 3.23. The van der Waals surface area contributed by atoms with E-state index >= 15 is 0 Å². The van der Waals surface area contributed by atoms with Gasteiger partial charge in [0, 0.05) is 13.6 Å². The molecule has 8 heteroatoms. The first kappa shape index (κ1) is 16.9. The van der Waals surface area contributed by atoms with Crippen LogP contribution in [-0.2, 0) is 11.3 Å². The average molecular weight is 349 g/mol. The van der Waals surface area contributed by atoms with Gasteiger partial charge in [-0.15, -0.1) is 5.10 Å². The minimum absolute atomic E-state index is 0.0368. The van der Waals surface area contributed by atoms with Gasteiger partial charge in [-0.05, 0) is 41.0 Å². The van der Waals surface area contributed by atoms with Crippen molar-refractivity contribution in [2.75, 3.05) is 12.8 Å². The van der Waals surface area contributed by atoms with Crippen molar-refractivity contribution in [3.63, 3.8) is 0 Å². The van der Waals surface area contributed by atoms with Gasteiger partial charge >= 0.3 is 0 Å². The summed E-state index contributed by atoms with van der Waals surface area (Å²) in [6.07, 6.45) is 4.58. The molecule has 24 heavy (non-hydrogen) atoms. The number of amides is 1. The molecule has 6 nitrogen and oxygen atoms in total. The molecule has 0 atom stereocenters. The number of halogens is 1. The smallest absolute Gasteiger partial charge is 0.233 e. The van der Waals surface area contributed by atoms with Crippen LogP contribution in [0.2, 0.25) is 0 Å². The van der Waals surface area contributed by atoms with Gasteiger partial charge in [-0.2, -0.15) is 0 Å². The van der Waals surface area contributed by atoms with Crippen molar-refractivity contribution in [3.05, 3.63) is 35.6 Å². The highest BCUT2D eigenvalue weighted by Gasteiger charge is 2.22. The lowest BCUT2D eigenvalue weighted by Crippen LogP contribution is -2.28. The molecule has 3 rings (SSSR count). The summed E-state index contributed by atoms with van der Waals surface area (Å²) in [7, 11) is 1.72. The Morgan fingerprint density at radius 2 is 2.21 bits per heavy atom. The molecule has 1 fully saturated rings. The van der Waals surface area contributed by atoms with Crippen molar-refractivity contribution < 1.29 is 9.18 Å². The minimum atomic E-state index is -0.293. The van der Waals surface area contributed by atoms with E-state index in [0.29, 0.717) is 17.7 Å². The van der Waals surface area contributed by atoms with Crippen LogP contribution in [0.5, 0.6) is 0 Å². The van der Waals surface area contributed by atoms with Gasteiger partial charge in [-0.3, -0.25) is 4.79 Å². The van der Waals surface area contributed by atoms with Gasteiger partial charge in [-0.25, -0.2) is 9.07 Å². The number of carbonyl (C=O) groups excluding carboxylic acids is 1. The van der Waals surface area contributed by atoms with Gasteiger partial charge in [0.15, 0.2) is 0 Å². The second-order valence-corrected chi connectivity index (χ2v) is 6.96. The third-order valence-electron chi connectivity index (χ3n) is 4.19. The lowest BCUT2D eigenvalue weighted by Gasteiger charge is -2.17. The van der Waals surface area contributed by atoms with E-state index in [4.69, 9.17) is 0 Å². The quantitative estimate of drug-likeness (QED) is 0.750. The Hall–Kier alpha value is -1.96. The molecule has 128 valence electrons. The first-order valence-corrected chi connectivity index (χ1v) is 9.01. The maximum atomic E-state index is 13.2. The maximum Gasteiger partial charge on any atom is 0.233 e. The van der Waals surface area contributed by atoms with Crippen molar-refractivity contribution in [1.29, 1.82) is 0 Å². The number of tetrazole rings is 1. The van der Waals surface area contributed by atoms with Crippen LogP contribution in [0.3, 0.4) is 0 Å². The van der Waals surface area contributed by atoms with Crippen LogP contribution in [0.4, 0.5) is 4.39 Å². The Kier molecular flexibility index (Phi) is 5.44. The van der Waals surface area contributed by atoms with E-state index in [1.807, 2.05) is 4.68 Å². The Balaban J connectivity index is 1.54. The Bertz CT molecular complexity index is 701. The van der Waals surface area contributed by atoms with Gasteiger partial charge in [0.25, 0.3) is 0 Å². The highest BCUT2D eigenvalue weighted by Crippen LogP contribution is 2.31. The summed E-state index contributed by atoms with van der Waals surface area (Å²) in [6, 6.07) is 6.64. The van der Waals surface area contributed by atoms with Crippen molar-refractivity contribution in [3.8, 4) is 0 Å². The summed E-state index contributed by atoms with van der Waals surface area (Å²) in [5.74, 6) is -0.0671. The standard InChI is InChI=1S/C16H20FN5OS/c1-21(10-12-5-4-6-13(17)9-12)15(23)11-24-16-18-19-20-22(16)14-7-2-3-8-14/h4-6,9,14H,2-3,7-8,10-11H2,1H3. The van der Waals surface area contributed by atoms with E-state index < -0.39 is 0 Å². The molecule has 1 aromatic heterocycles. The van der Waals surface area contributed by atoms with Gasteiger partial charge in [0.05, 0.1) is 11.8 Å². The summed E-state index contributed by atoms with van der Waals surface area (Å²) in [5.41, 5.74) is 0.770. The first-order valence-electron chi connectivity index (χ1n) is 8.02. The van der Waals surface area contributed by atoms with Gasteiger partial charge in [-0.1, -0.05) is 36.7 Å².